The summed E-state index contributed by atoms with van der Waals surface area (Å²) in [5.41, 5.74) is 0.198. The van der Waals surface area contributed by atoms with Crippen LogP contribution in [0.15, 0.2) is 3.92 Å². The van der Waals surface area contributed by atoms with Crippen molar-refractivity contribution in [1.29, 1.82) is 0 Å². The third-order valence-electron chi connectivity index (χ3n) is 4.02. The Morgan fingerprint density at radius 1 is 1.05 bits per heavy atom. The molecule has 0 saturated carbocycles. The van der Waals surface area contributed by atoms with Gasteiger partial charge >= 0.3 is 0 Å². The van der Waals surface area contributed by atoms with Gasteiger partial charge in [-0.25, -0.2) is 4.98 Å². The van der Waals surface area contributed by atoms with Gasteiger partial charge in [-0.3, -0.25) is 0 Å². The predicted molar refractivity (Wildman–Crippen MR) is 95.1 cm³/mol. The minimum Gasteiger partial charge on any atom is -0.217 e. The van der Waals surface area contributed by atoms with E-state index in [2.05, 4.69) is 41.7 Å². The van der Waals surface area contributed by atoms with Gasteiger partial charge in [-0.15, -0.1) is 11.3 Å². The molecule has 1 aromatic rings. The number of unbranched alkanes of at least 4 members (excludes halogenated alkanes) is 5. The molecule has 20 heavy (non-hydrogen) atoms. The summed E-state index contributed by atoms with van der Waals surface area (Å²) in [4.78, 5) is 5.63. The zero-order valence-electron chi connectivity index (χ0n) is 13.0. The van der Waals surface area contributed by atoms with Crippen LogP contribution in [-0.2, 0) is 5.41 Å². The minimum atomic E-state index is 0.198. The van der Waals surface area contributed by atoms with Crippen molar-refractivity contribution < 1.29 is 0 Å². The second-order valence-corrected chi connectivity index (χ2v) is 8.55. The SMILES string of the molecule is CCCCCCC(C)(CCCCC)c1sc(Br)nc1Cl. The first kappa shape index (κ1) is 18.4. The largest absolute Gasteiger partial charge is 0.217 e. The molecule has 0 aliphatic rings. The zero-order valence-corrected chi connectivity index (χ0v) is 16.1. The number of halogens is 2. The second-order valence-electron chi connectivity index (χ2n) is 5.92. The van der Waals surface area contributed by atoms with Gasteiger partial charge in [0, 0.05) is 5.41 Å². The quantitative estimate of drug-likeness (QED) is 0.386. The van der Waals surface area contributed by atoms with Gasteiger partial charge < -0.3 is 0 Å². The zero-order chi connectivity index (χ0) is 15.0. The van der Waals surface area contributed by atoms with Gasteiger partial charge in [-0.05, 0) is 28.8 Å². The smallest absolute Gasteiger partial charge is 0.161 e. The summed E-state index contributed by atoms with van der Waals surface area (Å²) in [7, 11) is 0. The fraction of sp³-hybridized carbons (Fsp3) is 0.812. The van der Waals surface area contributed by atoms with Crippen LogP contribution in [0.3, 0.4) is 0 Å². The molecule has 0 aliphatic heterocycles. The highest BCUT2D eigenvalue weighted by molar-refractivity contribution is 9.11. The molecule has 1 nitrogen and oxygen atoms in total. The van der Waals surface area contributed by atoms with E-state index in [1.54, 1.807) is 11.3 Å². The molecule has 0 aliphatic carbocycles. The summed E-state index contributed by atoms with van der Waals surface area (Å²) in [5.74, 6) is 0. The Morgan fingerprint density at radius 2 is 1.60 bits per heavy atom. The van der Waals surface area contributed by atoms with Crippen molar-refractivity contribution in [2.45, 2.75) is 84.0 Å². The number of aromatic nitrogens is 1. The van der Waals surface area contributed by atoms with Crippen LogP contribution in [-0.4, -0.2) is 4.98 Å². The van der Waals surface area contributed by atoms with Crippen LogP contribution in [0.1, 0.15) is 83.4 Å². The maximum atomic E-state index is 6.35. The number of hydrogen-bond acceptors (Lipinski definition) is 2. The van der Waals surface area contributed by atoms with E-state index in [1.807, 2.05) is 0 Å². The molecule has 4 heteroatoms. The van der Waals surface area contributed by atoms with E-state index in [4.69, 9.17) is 11.6 Å². The van der Waals surface area contributed by atoms with Crippen LogP contribution in [0.25, 0.3) is 0 Å². The van der Waals surface area contributed by atoms with Gasteiger partial charge in [0.25, 0.3) is 0 Å². The van der Waals surface area contributed by atoms with E-state index in [1.165, 1.54) is 62.7 Å². The average Bonchev–Trinajstić information content (AvgIpc) is 2.75. The van der Waals surface area contributed by atoms with Crippen molar-refractivity contribution in [2.75, 3.05) is 0 Å². The minimum absolute atomic E-state index is 0.198. The lowest BCUT2D eigenvalue weighted by Gasteiger charge is -2.29. The first-order valence-electron chi connectivity index (χ1n) is 7.85. The number of thiazole rings is 1. The molecule has 0 amide bonds. The first-order chi connectivity index (χ1) is 9.53. The number of rotatable bonds is 10. The van der Waals surface area contributed by atoms with Crippen LogP contribution < -0.4 is 0 Å². The molecule has 0 fully saturated rings. The van der Waals surface area contributed by atoms with Crippen molar-refractivity contribution in [3.05, 3.63) is 13.9 Å². The van der Waals surface area contributed by atoms with Crippen molar-refractivity contribution in [3.63, 3.8) is 0 Å². The van der Waals surface area contributed by atoms with Crippen LogP contribution >= 0.6 is 38.9 Å². The summed E-state index contributed by atoms with van der Waals surface area (Å²) in [6.45, 7) is 6.90. The molecule has 0 spiro atoms. The van der Waals surface area contributed by atoms with Gasteiger partial charge in [-0.2, -0.15) is 0 Å². The van der Waals surface area contributed by atoms with E-state index in [-0.39, 0.29) is 5.41 Å². The Balaban J connectivity index is 2.74. The van der Waals surface area contributed by atoms with Crippen LogP contribution in [0.5, 0.6) is 0 Å². The molecule has 1 heterocycles. The number of nitrogens with zero attached hydrogens (tertiary/aromatic N) is 1. The van der Waals surface area contributed by atoms with E-state index in [0.717, 1.165) is 3.92 Å². The molecular weight excluding hydrogens is 354 g/mol. The first-order valence-corrected chi connectivity index (χ1v) is 9.84. The second kappa shape index (κ2) is 9.42. The molecule has 1 unspecified atom stereocenters. The normalized spacial score (nSPS) is 14.4. The van der Waals surface area contributed by atoms with E-state index >= 15 is 0 Å². The Hall–Kier alpha value is 0.400. The molecule has 0 N–H and O–H groups in total. The van der Waals surface area contributed by atoms with Gasteiger partial charge in [0.15, 0.2) is 3.92 Å². The van der Waals surface area contributed by atoms with Gasteiger partial charge in [0.05, 0.1) is 4.88 Å². The summed E-state index contributed by atoms with van der Waals surface area (Å²) in [6.07, 6.45) is 11.6. The monoisotopic (exact) mass is 379 g/mol. The topological polar surface area (TPSA) is 12.9 Å². The fourth-order valence-corrected chi connectivity index (χ4v) is 4.84. The Labute approximate surface area is 141 Å². The highest BCUT2D eigenvalue weighted by Crippen LogP contribution is 2.43. The van der Waals surface area contributed by atoms with Crippen molar-refractivity contribution >= 4 is 38.9 Å². The number of hydrogen-bond donors (Lipinski definition) is 0. The summed E-state index contributed by atoms with van der Waals surface area (Å²) < 4.78 is 0.910. The highest BCUT2D eigenvalue weighted by Gasteiger charge is 2.30. The highest BCUT2D eigenvalue weighted by atomic mass is 79.9. The van der Waals surface area contributed by atoms with Gasteiger partial charge in [0.2, 0.25) is 0 Å². The van der Waals surface area contributed by atoms with E-state index in [9.17, 15) is 0 Å². The average molecular weight is 381 g/mol. The van der Waals surface area contributed by atoms with E-state index < -0.39 is 0 Å². The third-order valence-corrected chi connectivity index (χ3v) is 6.22. The lowest BCUT2D eigenvalue weighted by atomic mass is 9.79. The molecule has 0 bridgehead atoms. The molecule has 1 rings (SSSR count). The van der Waals surface area contributed by atoms with Crippen LogP contribution in [0, 0.1) is 0 Å². The standard InChI is InChI=1S/C16H27BrClNS/c1-4-6-8-10-12-16(3,11-9-7-5-2)13-14(18)19-15(17)20-13/h4-12H2,1-3H3. The van der Waals surface area contributed by atoms with Crippen LogP contribution in [0.2, 0.25) is 5.15 Å². The lowest BCUT2D eigenvalue weighted by molar-refractivity contribution is 0.371. The molecule has 0 saturated heterocycles. The molecular formula is C16H27BrClNS. The van der Waals surface area contributed by atoms with Crippen molar-refractivity contribution in [3.8, 4) is 0 Å². The molecule has 0 radical (unpaired) electrons. The van der Waals surface area contributed by atoms with Crippen LogP contribution in [0.4, 0.5) is 0 Å². The maximum Gasteiger partial charge on any atom is 0.161 e. The molecule has 0 aromatic carbocycles. The Bertz CT molecular complexity index is 394. The summed E-state index contributed by atoms with van der Waals surface area (Å²) >= 11 is 11.5. The summed E-state index contributed by atoms with van der Waals surface area (Å²) in [5, 5.41) is 0.705. The Morgan fingerprint density at radius 3 is 2.10 bits per heavy atom. The predicted octanol–water partition coefficient (Wildman–Crippen LogP) is 7.37. The van der Waals surface area contributed by atoms with E-state index in [0.29, 0.717) is 5.15 Å². The molecule has 1 atom stereocenters. The summed E-state index contributed by atoms with van der Waals surface area (Å²) in [6, 6.07) is 0. The van der Waals surface area contributed by atoms with Gasteiger partial charge in [0.1, 0.15) is 5.15 Å². The van der Waals surface area contributed by atoms with Crippen molar-refractivity contribution in [2.24, 2.45) is 0 Å². The molecule has 1 aromatic heterocycles. The molecule has 116 valence electrons. The fourth-order valence-electron chi connectivity index (χ4n) is 2.71. The van der Waals surface area contributed by atoms with Gasteiger partial charge in [-0.1, -0.05) is 77.3 Å². The van der Waals surface area contributed by atoms with Crippen molar-refractivity contribution in [1.82, 2.24) is 4.98 Å². The maximum absolute atomic E-state index is 6.35. The Kier molecular flexibility index (Phi) is 8.69. The third kappa shape index (κ3) is 5.65. The lowest BCUT2D eigenvalue weighted by Crippen LogP contribution is -2.21.